The monoisotopic (exact) mass is 158 g/mol. The summed E-state index contributed by atoms with van der Waals surface area (Å²) in [5.74, 6) is -0.227. The fourth-order valence-electron chi connectivity index (χ4n) is 0.337. The van der Waals surface area contributed by atoms with Gasteiger partial charge in [-0.2, -0.15) is 0 Å². The van der Waals surface area contributed by atoms with E-state index in [0.717, 1.165) is 4.91 Å². The van der Waals surface area contributed by atoms with Crippen LogP contribution in [0.25, 0.3) is 0 Å². The van der Waals surface area contributed by atoms with Gasteiger partial charge in [-0.1, -0.05) is 12.7 Å². The summed E-state index contributed by atoms with van der Waals surface area (Å²) in [4.78, 5) is 0.858. The predicted molar refractivity (Wildman–Crippen MR) is 46.7 cm³/mol. The van der Waals surface area contributed by atoms with Crippen LogP contribution >= 0.6 is 11.8 Å². The Morgan fingerprint density at radius 1 is 1.50 bits per heavy atom. The molecular weight excluding hydrogens is 147 g/mol. The fourth-order valence-corrected chi connectivity index (χ4v) is 0.541. The van der Waals surface area contributed by atoms with Crippen LogP contribution < -0.4 is 0 Å². The van der Waals surface area contributed by atoms with Gasteiger partial charge in [-0.3, -0.25) is 0 Å². The second-order valence-corrected chi connectivity index (χ2v) is 2.61. The Bertz CT molecular complexity index is 168. The molecule has 0 saturated carbocycles. The van der Waals surface area contributed by atoms with Crippen LogP contribution in [-0.2, 0) is 0 Å². The molecule has 0 heterocycles. The van der Waals surface area contributed by atoms with Gasteiger partial charge in [0.25, 0.3) is 0 Å². The number of rotatable bonds is 3. The number of thioether (sulfide) groups is 1. The number of hydrogen-bond donors (Lipinski definition) is 0. The van der Waals surface area contributed by atoms with E-state index in [2.05, 4.69) is 6.58 Å². The summed E-state index contributed by atoms with van der Waals surface area (Å²) in [6, 6.07) is 0. The summed E-state index contributed by atoms with van der Waals surface area (Å²) in [5.41, 5.74) is 0. The van der Waals surface area contributed by atoms with E-state index in [-0.39, 0.29) is 5.83 Å². The maximum atomic E-state index is 12.4. The maximum Gasteiger partial charge on any atom is 0.118 e. The first-order valence-corrected chi connectivity index (χ1v) is 4.16. The molecule has 2 heteroatoms. The van der Waals surface area contributed by atoms with Gasteiger partial charge < -0.3 is 0 Å². The molecule has 0 fully saturated rings. The Hall–Kier alpha value is -0.500. The summed E-state index contributed by atoms with van der Waals surface area (Å²) < 4.78 is 12.4. The number of halogens is 1. The van der Waals surface area contributed by atoms with E-state index < -0.39 is 0 Å². The second kappa shape index (κ2) is 5.30. The topological polar surface area (TPSA) is 0 Å². The largest absolute Gasteiger partial charge is 0.207 e. The van der Waals surface area contributed by atoms with Crippen LogP contribution in [0.1, 0.15) is 6.92 Å². The Morgan fingerprint density at radius 3 is 2.50 bits per heavy atom. The lowest BCUT2D eigenvalue weighted by atomic mass is 10.4. The molecule has 10 heavy (non-hydrogen) atoms. The van der Waals surface area contributed by atoms with Gasteiger partial charge in [-0.15, -0.1) is 11.8 Å². The number of hydrogen-bond acceptors (Lipinski definition) is 1. The van der Waals surface area contributed by atoms with Crippen LogP contribution in [-0.4, -0.2) is 6.26 Å². The minimum atomic E-state index is -0.227. The zero-order valence-electron chi connectivity index (χ0n) is 6.23. The van der Waals surface area contributed by atoms with E-state index in [1.54, 1.807) is 13.0 Å². The van der Waals surface area contributed by atoms with Crippen molar-refractivity contribution in [1.82, 2.24) is 0 Å². The number of allylic oxidation sites excluding steroid dienone is 4. The third-order valence-corrected chi connectivity index (χ3v) is 1.63. The highest BCUT2D eigenvalue weighted by molar-refractivity contribution is 8.02. The first-order valence-electron chi connectivity index (χ1n) is 2.93. The standard InChI is InChI=1S/C8H11FS/c1-4-8(9)6-5-7(2)10-3/h4-6H,2H2,1,3H3/b6-5-,8-4+. The van der Waals surface area contributed by atoms with E-state index >= 15 is 0 Å². The molecule has 0 aromatic heterocycles. The van der Waals surface area contributed by atoms with Crippen molar-refractivity contribution in [2.24, 2.45) is 0 Å². The molecule has 0 unspecified atom stereocenters. The summed E-state index contributed by atoms with van der Waals surface area (Å²) in [6.07, 6.45) is 6.36. The van der Waals surface area contributed by atoms with Crippen molar-refractivity contribution in [3.05, 3.63) is 35.5 Å². The first-order chi connectivity index (χ1) is 4.70. The van der Waals surface area contributed by atoms with Crippen molar-refractivity contribution in [3.8, 4) is 0 Å². The molecule has 0 N–H and O–H groups in total. The predicted octanol–water partition coefficient (Wildman–Crippen LogP) is 3.29. The summed E-state index contributed by atoms with van der Waals surface area (Å²) in [7, 11) is 0. The van der Waals surface area contributed by atoms with Crippen LogP contribution in [0.4, 0.5) is 4.39 Å². The lowest BCUT2D eigenvalue weighted by molar-refractivity contribution is 0.665. The highest BCUT2D eigenvalue weighted by Gasteiger charge is 1.84. The van der Waals surface area contributed by atoms with Gasteiger partial charge in [-0.05, 0) is 30.2 Å². The molecule has 0 saturated heterocycles. The smallest absolute Gasteiger partial charge is 0.118 e. The molecule has 56 valence electrons. The van der Waals surface area contributed by atoms with Crippen LogP contribution in [0, 0.1) is 0 Å². The normalized spacial score (nSPS) is 12.5. The van der Waals surface area contributed by atoms with Gasteiger partial charge in [0.1, 0.15) is 5.83 Å². The quantitative estimate of drug-likeness (QED) is 0.568. The Morgan fingerprint density at radius 2 is 2.10 bits per heavy atom. The molecule has 0 radical (unpaired) electrons. The van der Waals surface area contributed by atoms with E-state index in [4.69, 9.17) is 0 Å². The van der Waals surface area contributed by atoms with E-state index in [0.29, 0.717) is 0 Å². The fraction of sp³-hybridized carbons (Fsp3) is 0.250. The van der Waals surface area contributed by atoms with Crippen LogP contribution in [0.5, 0.6) is 0 Å². The van der Waals surface area contributed by atoms with Gasteiger partial charge in [0.2, 0.25) is 0 Å². The van der Waals surface area contributed by atoms with Gasteiger partial charge >= 0.3 is 0 Å². The van der Waals surface area contributed by atoms with Crippen molar-refractivity contribution in [2.45, 2.75) is 6.92 Å². The molecule has 0 rings (SSSR count). The Kier molecular flexibility index (Phi) is 5.03. The van der Waals surface area contributed by atoms with Crippen LogP contribution in [0.3, 0.4) is 0 Å². The van der Waals surface area contributed by atoms with Crippen molar-refractivity contribution < 1.29 is 4.39 Å². The zero-order chi connectivity index (χ0) is 7.98. The molecule has 0 aliphatic heterocycles. The summed E-state index contributed by atoms with van der Waals surface area (Å²) >= 11 is 1.50. The van der Waals surface area contributed by atoms with Crippen molar-refractivity contribution >= 4 is 11.8 Å². The molecular formula is C8H11FS. The molecule has 0 nitrogen and oxygen atoms in total. The highest BCUT2D eigenvalue weighted by atomic mass is 32.2. The van der Waals surface area contributed by atoms with Gasteiger partial charge in [0, 0.05) is 0 Å². The van der Waals surface area contributed by atoms with E-state index in [1.807, 2.05) is 6.26 Å². The average molecular weight is 158 g/mol. The summed E-state index contributed by atoms with van der Waals surface area (Å²) in [5, 5.41) is 0. The molecule has 0 atom stereocenters. The molecule has 0 aliphatic rings. The lowest BCUT2D eigenvalue weighted by Gasteiger charge is -1.88. The molecule has 0 aromatic carbocycles. The molecule has 0 spiro atoms. The van der Waals surface area contributed by atoms with Crippen LogP contribution in [0.15, 0.2) is 35.5 Å². The van der Waals surface area contributed by atoms with Gasteiger partial charge in [0.15, 0.2) is 0 Å². The third kappa shape index (κ3) is 4.39. The molecule has 0 aliphatic carbocycles. The molecule has 0 aromatic rings. The second-order valence-electron chi connectivity index (χ2n) is 1.68. The SMILES string of the molecule is C=C(/C=C\C(F)=C/C)SC. The van der Waals surface area contributed by atoms with Crippen molar-refractivity contribution in [1.29, 1.82) is 0 Å². The zero-order valence-corrected chi connectivity index (χ0v) is 7.04. The minimum Gasteiger partial charge on any atom is -0.207 e. The van der Waals surface area contributed by atoms with Gasteiger partial charge in [0.05, 0.1) is 0 Å². The third-order valence-electron chi connectivity index (χ3n) is 0.966. The lowest BCUT2D eigenvalue weighted by Crippen LogP contribution is -1.65. The Balaban J connectivity index is 3.88. The average Bonchev–Trinajstić information content (AvgIpc) is 1.99. The van der Waals surface area contributed by atoms with Gasteiger partial charge in [-0.25, -0.2) is 4.39 Å². The van der Waals surface area contributed by atoms with Crippen molar-refractivity contribution in [2.75, 3.05) is 6.26 Å². The minimum absolute atomic E-state index is 0.227. The van der Waals surface area contributed by atoms with E-state index in [1.165, 1.54) is 23.9 Å². The molecule has 0 amide bonds. The summed E-state index contributed by atoms with van der Waals surface area (Å²) in [6.45, 7) is 5.32. The highest BCUT2D eigenvalue weighted by Crippen LogP contribution is 2.11. The van der Waals surface area contributed by atoms with Crippen LogP contribution in [0.2, 0.25) is 0 Å². The molecule has 0 bridgehead atoms. The Labute approximate surface area is 65.5 Å². The maximum absolute atomic E-state index is 12.4. The first kappa shape index (κ1) is 9.50. The van der Waals surface area contributed by atoms with E-state index in [9.17, 15) is 4.39 Å². The van der Waals surface area contributed by atoms with Crippen molar-refractivity contribution in [3.63, 3.8) is 0 Å².